The van der Waals surface area contributed by atoms with E-state index in [-0.39, 0.29) is 5.91 Å². The molecule has 5 nitrogen and oxygen atoms in total. The van der Waals surface area contributed by atoms with Gasteiger partial charge >= 0.3 is 0 Å². The van der Waals surface area contributed by atoms with Crippen molar-refractivity contribution in [3.8, 4) is 0 Å². The first-order valence-corrected chi connectivity index (χ1v) is 7.48. The summed E-state index contributed by atoms with van der Waals surface area (Å²) in [5, 5.41) is 2.88. The van der Waals surface area contributed by atoms with Gasteiger partial charge in [0.15, 0.2) is 0 Å². The van der Waals surface area contributed by atoms with Crippen LogP contribution in [0.4, 0.5) is 5.69 Å². The minimum absolute atomic E-state index is 0.00576. The summed E-state index contributed by atoms with van der Waals surface area (Å²) < 4.78 is 5.38. The van der Waals surface area contributed by atoms with Crippen LogP contribution in [0.15, 0.2) is 24.3 Å². The number of benzene rings is 1. The maximum Gasteiger partial charge on any atom is 0.225 e. The van der Waals surface area contributed by atoms with Crippen molar-refractivity contribution in [2.45, 2.75) is 19.4 Å². The highest BCUT2D eigenvalue weighted by atomic mass is 32.1. The van der Waals surface area contributed by atoms with E-state index in [4.69, 9.17) is 22.7 Å². The number of carbonyl (C=O) groups is 1. The molecule has 1 heterocycles. The molecule has 114 valence electrons. The highest BCUT2D eigenvalue weighted by Gasteiger charge is 2.19. The van der Waals surface area contributed by atoms with Crippen LogP contribution in [-0.2, 0) is 9.53 Å². The molecule has 2 rings (SSSR count). The lowest BCUT2D eigenvalue weighted by Crippen LogP contribution is -2.44. The van der Waals surface area contributed by atoms with Crippen molar-refractivity contribution in [3.63, 3.8) is 0 Å². The Morgan fingerprint density at radius 3 is 3.10 bits per heavy atom. The SMILES string of the molecule is CC1COCCN1CCC(=O)Nc1cccc(C(N)=S)c1. The molecule has 1 aliphatic heterocycles. The maximum absolute atomic E-state index is 12.0. The molecule has 0 aromatic heterocycles. The molecule has 1 aromatic carbocycles. The Labute approximate surface area is 130 Å². The van der Waals surface area contributed by atoms with Crippen LogP contribution < -0.4 is 11.1 Å². The maximum atomic E-state index is 12.0. The van der Waals surface area contributed by atoms with E-state index in [1.165, 1.54) is 0 Å². The van der Waals surface area contributed by atoms with Crippen LogP contribution in [0, 0.1) is 0 Å². The third-order valence-corrected chi connectivity index (χ3v) is 3.80. The number of thiocarbonyl (C=S) groups is 1. The summed E-state index contributed by atoms with van der Waals surface area (Å²) in [7, 11) is 0. The Hall–Kier alpha value is -1.50. The van der Waals surface area contributed by atoms with Gasteiger partial charge in [-0.25, -0.2) is 0 Å². The van der Waals surface area contributed by atoms with Gasteiger partial charge in [-0.15, -0.1) is 0 Å². The summed E-state index contributed by atoms with van der Waals surface area (Å²) in [6.45, 7) is 5.21. The van der Waals surface area contributed by atoms with E-state index in [0.29, 0.717) is 17.5 Å². The molecule has 1 aromatic rings. The molecule has 21 heavy (non-hydrogen) atoms. The second-order valence-electron chi connectivity index (χ2n) is 5.20. The van der Waals surface area contributed by atoms with Crippen LogP contribution in [0.1, 0.15) is 18.9 Å². The van der Waals surface area contributed by atoms with E-state index >= 15 is 0 Å². The Bertz CT molecular complexity index is 521. The quantitative estimate of drug-likeness (QED) is 0.804. The Morgan fingerprint density at radius 2 is 2.38 bits per heavy atom. The Kier molecular flexibility index (Phi) is 5.67. The first-order chi connectivity index (χ1) is 10.1. The smallest absolute Gasteiger partial charge is 0.225 e. The fourth-order valence-corrected chi connectivity index (χ4v) is 2.44. The average molecular weight is 307 g/mol. The molecule has 1 unspecified atom stereocenters. The van der Waals surface area contributed by atoms with Crippen LogP contribution in [0.5, 0.6) is 0 Å². The van der Waals surface area contributed by atoms with Crippen LogP contribution in [0.3, 0.4) is 0 Å². The van der Waals surface area contributed by atoms with Crippen molar-refractivity contribution in [2.24, 2.45) is 5.73 Å². The summed E-state index contributed by atoms with van der Waals surface area (Å²) in [6.07, 6.45) is 0.460. The zero-order chi connectivity index (χ0) is 15.2. The van der Waals surface area contributed by atoms with E-state index in [2.05, 4.69) is 17.1 Å². The number of nitrogens with two attached hydrogens (primary N) is 1. The lowest BCUT2D eigenvalue weighted by Gasteiger charge is -2.32. The van der Waals surface area contributed by atoms with Crippen molar-refractivity contribution < 1.29 is 9.53 Å². The lowest BCUT2D eigenvalue weighted by atomic mass is 10.2. The average Bonchev–Trinajstić information content (AvgIpc) is 2.46. The number of hydrogen-bond donors (Lipinski definition) is 2. The Balaban J connectivity index is 1.84. The highest BCUT2D eigenvalue weighted by Crippen LogP contribution is 2.12. The number of morpholine rings is 1. The number of nitrogens with one attached hydrogen (secondary N) is 1. The van der Waals surface area contributed by atoms with Gasteiger partial charge in [0.1, 0.15) is 4.99 Å². The number of rotatable bonds is 5. The van der Waals surface area contributed by atoms with Gasteiger partial charge in [-0.3, -0.25) is 9.69 Å². The third kappa shape index (κ3) is 4.77. The van der Waals surface area contributed by atoms with Gasteiger partial charge in [0, 0.05) is 36.8 Å². The summed E-state index contributed by atoms with van der Waals surface area (Å²) in [4.78, 5) is 14.6. The number of carbonyl (C=O) groups excluding carboxylic acids is 1. The van der Waals surface area contributed by atoms with Crippen LogP contribution in [0.25, 0.3) is 0 Å². The molecule has 0 saturated carbocycles. The van der Waals surface area contributed by atoms with Crippen molar-refractivity contribution in [2.75, 3.05) is 31.6 Å². The number of nitrogens with zero attached hydrogens (tertiary/aromatic N) is 1. The van der Waals surface area contributed by atoms with Crippen molar-refractivity contribution >= 4 is 28.8 Å². The second-order valence-corrected chi connectivity index (χ2v) is 5.64. The zero-order valence-corrected chi connectivity index (χ0v) is 13.0. The molecule has 1 saturated heterocycles. The Morgan fingerprint density at radius 1 is 1.57 bits per heavy atom. The molecule has 6 heteroatoms. The molecule has 1 atom stereocenters. The molecule has 0 radical (unpaired) electrons. The molecule has 0 bridgehead atoms. The van der Waals surface area contributed by atoms with Crippen molar-refractivity contribution in [1.82, 2.24) is 4.90 Å². The van der Waals surface area contributed by atoms with Gasteiger partial charge in [-0.2, -0.15) is 0 Å². The number of ether oxygens (including phenoxy) is 1. The molecular formula is C15H21N3O2S. The first-order valence-electron chi connectivity index (χ1n) is 7.08. The van der Waals surface area contributed by atoms with Gasteiger partial charge in [0.2, 0.25) is 5.91 Å². The van der Waals surface area contributed by atoms with Gasteiger partial charge in [0.25, 0.3) is 0 Å². The van der Waals surface area contributed by atoms with E-state index in [9.17, 15) is 4.79 Å². The van der Waals surface area contributed by atoms with Gasteiger partial charge < -0.3 is 15.8 Å². The molecule has 0 spiro atoms. The zero-order valence-electron chi connectivity index (χ0n) is 12.2. The van der Waals surface area contributed by atoms with E-state index in [1.807, 2.05) is 18.2 Å². The largest absolute Gasteiger partial charge is 0.389 e. The van der Waals surface area contributed by atoms with Gasteiger partial charge in [0.05, 0.1) is 13.2 Å². The first kappa shape index (κ1) is 15.9. The fraction of sp³-hybridized carbons (Fsp3) is 0.467. The predicted octanol–water partition coefficient (Wildman–Crippen LogP) is 1.37. The summed E-state index contributed by atoms with van der Waals surface area (Å²) in [6, 6.07) is 7.64. The molecule has 0 aliphatic carbocycles. The van der Waals surface area contributed by atoms with Crippen LogP contribution in [0.2, 0.25) is 0 Å². The normalized spacial score (nSPS) is 19.2. The molecule has 1 amide bonds. The molecule has 1 aliphatic rings. The van der Waals surface area contributed by atoms with Gasteiger partial charge in [-0.1, -0.05) is 24.4 Å². The van der Waals surface area contributed by atoms with Crippen LogP contribution >= 0.6 is 12.2 Å². The van der Waals surface area contributed by atoms with Crippen molar-refractivity contribution in [1.29, 1.82) is 0 Å². The minimum atomic E-state index is -0.00576. The molecular weight excluding hydrogens is 286 g/mol. The summed E-state index contributed by atoms with van der Waals surface area (Å²) in [5.41, 5.74) is 7.06. The monoisotopic (exact) mass is 307 g/mol. The third-order valence-electron chi connectivity index (χ3n) is 3.56. The standard InChI is InChI=1S/C15H21N3O2S/c1-11-10-20-8-7-18(11)6-5-14(19)17-13-4-2-3-12(9-13)15(16)21/h2-4,9,11H,5-8,10H2,1H3,(H2,16,21)(H,17,19). The topological polar surface area (TPSA) is 67.6 Å². The van der Waals surface area contributed by atoms with E-state index < -0.39 is 0 Å². The van der Waals surface area contributed by atoms with Gasteiger partial charge in [-0.05, 0) is 19.1 Å². The van der Waals surface area contributed by atoms with Crippen molar-refractivity contribution in [3.05, 3.63) is 29.8 Å². The number of amides is 1. The number of anilines is 1. The van der Waals surface area contributed by atoms with E-state index in [0.717, 1.165) is 37.6 Å². The fourth-order valence-electron chi connectivity index (χ4n) is 2.31. The number of hydrogen-bond acceptors (Lipinski definition) is 4. The molecule has 1 fully saturated rings. The highest BCUT2D eigenvalue weighted by molar-refractivity contribution is 7.80. The second kappa shape index (κ2) is 7.49. The molecule has 3 N–H and O–H groups in total. The minimum Gasteiger partial charge on any atom is -0.389 e. The summed E-state index contributed by atoms with van der Waals surface area (Å²) >= 11 is 4.93. The lowest BCUT2D eigenvalue weighted by molar-refractivity contribution is -0.117. The van der Waals surface area contributed by atoms with E-state index in [1.54, 1.807) is 6.07 Å². The predicted molar refractivity (Wildman–Crippen MR) is 87.4 cm³/mol. The summed E-state index contributed by atoms with van der Waals surface area (Å²) in [5.74, 6) is -0.00576. The van der Waals surface area contributed by atoms with Crippen LogP contribution in [-0.4, -0.2) is 48.1 Å².